The number of benzene rings is 2. The predicted molar refractivity (Wildman–Crippen MR) is 117 cm³/mol. The molecule has 1 fully saturated rings. The zero-order chi connectivity index (χ0) is 22.7. The standard InChI is InChI=1S/C22H25N3O6S/c1-30-17-6-4-15(5-7-17)12-23-22(27)16-3-2-10-25(13-16)32(28,29)18-8-9-20-19(11-18)24-21(26)14-31-20/h4-9,11,16H,2-3,10,12-14H2,1H3,(H,23,27)(H,24,26). The number of amides is 2. The lowest BCUT2D eigenvalue weighted by Gasteiger charge is -2.31. The smallest absolute Gasteiger partial charge is 0.262 e. The van der Waals surface area contributed by atoms with E-state index in [-0.39, 0.29) is 29.9 Å². The monoisotopic (exact) mass is 459 g/mol. The highest BCUT2D eigenvalue weighted by Gasteiger charge is 2.34. The van der Waals surface area contributed by atoms with Gasteiger partial charge in [0.05, 0.1) is 23.6 Å². The predicted octanol–water partition coefficient (Wildman–Crippen LogP) is 1.74. The summed E-state index contributed by atoms with van der Waals surface area (Å²) in [7, 11) is -2.23. The molecular weight excluding hydrogens is 434 g/mol. The number of nitrogens with one attached hydrogen (secondary N) is 2. The third-order valence-corrected chi connectivity index (χ3v) is 7.46. The molecule has 1 unspecified atom stereocenters. The van der Waals surface area contributed by atoms with Crippen LogP contribution in [0.2, 0.25) is 0 Å². The number of anilines is 1. The first kappa shape index (κ1) is 22.1. The van der Waals surface area contributed by atoms with Gasteiger partial charge in [0.25, 0.3) is 5.91 Å². The third kappa shape index (κ3) is 4.71. The van der Waals surface area contributed by atoms with Crippen molar-refractivity contribution >= 4 is 27.5 Å². The highest BCUT2D eigenvalue weighted by Crippen LogP contribution is 2.32. The highest BCUT2D eigenvalue weighted by atomic mass is 32.2. The van der Waals surface area contributed by atoms with Gasteiger partial charge in [0.15, 0.2) is 6.61 Å². The first-order chi connectivity index (χ1) is 15.4. The van der Waals surface area contributed by atoms with Crippen molar-refractivity contribution in [3.8, 4) is 11.5 Å². The van der Waals surface area contributed by atoms with Gasteiger partial charge in [-0.15, -0.1) is 0 Å². The number of rotatable bonds is 6. The maximum absolute atomic E-state index is 13.2. The van der Waals surface area contributed by atoms with Crippen LogP contribution in [0.15, 0.2) is 47.4 Å². The van der Waals surface area contributed by atoms with Crippen LogP contribution in [-0.2, 0) is 26.2 Å². The van der Waals surface area contributed by atoms with Crippen molar-refractivity contribution in [1.82, 2.24) is 9.62 Å². The van der Waals surface area contributed by atoms with Gasteiger partial charge >= 0.3 is 0 Å². The number of sulfonamides is 1. The summed E-state index contributed by atoms with van der Waals surface area (Å²) in [6, 6.07) is 11.8. The van der Waals surface area contributed by atoms with Gasteiger partial charge in [-0.3, -0.25) is 9.59 Å². The van der Waals surface area contributed by atoms with Crippen molar-refractivity contribution in [1.29, 1.82) is 0 Å². The van der Waals surface area contributed by atoms with Crippen LogP contribution in [0.3, 0.4) is 0 Å². The Morgan fingerprint density at radius 2 is 2.03 bits per heavy atom. The van der Waals surface area contributed by atoms with E-state index in [2.05, 4.69) is 10.6 Å². The molecule has 1 atom stereocenters. The third-order valence-electron chi connectivity index (χ3n) is 5.60. The van der Waals surface area contributed by atoms with Crippen molar-refractivity contribution in [3.63, 3.8) is 0 Å². The largest absolute Gasteiger partial charge is 0.497 e. The lowest BCUT2D eigenvalue weighted by molar-refractivity contribution is -0.126. The molecule has 2 aliphatic rings. The molecule has 0 spiro atoms. The van der Waals surface area contributed by atoms with Gasteiger partial charge in [0, 0.05) is 19.6 Å². The van der Waals surface area contributed by atoms with Gasteiger partial charge in [0.1, 0.15) is 11.5 Å². The molecule has 0 saturated carbocycles. The molecule has 2 heterocycles. The van der Waals surface area contributed by atoms with Crippen LogP contribution in [0.5, 0.6) is 11.5 Å². The molecule has 2 aromatic carbocycles. The van der Waals surface area contributed by atoms with E-state index in [1.54, 1.807) is 7.11 Å². The number of methoxy groups -OCH3 is 1. The van der Waals surface area contributed by atoms with Crippen LogP contribution in [0.25, 0.3) is 0 Å². The number of piperidine rings is 1. The number of hydrogen-bond donors (Lipinski definition) is 2. The van der Waals surface area contributed by atoms with Gasteiger partial charge in [-0.25, -0.2) is 8.42 Å². The summed E-state index contributed by atoms with van der Waals surface area (Å²) < 4.78 is 38.1. The summed E-state index contributed by atoms with van der Waals surface area (Å²) in [6.07, 6.45) is 1.21. The Morgan fingerprint density at radius 3 is 2.78 bits per heavy atom. The molecule has 32 heavy (non-hydrogen) atoms. The molecule has 4 rings (SSSR count). The second-order valence-corrected chi connectivity index (χ2v) is 9.70. The minimum atomic E-state index is -3.82. The van der Waals surface area contributed by atoms with Crippen molar-refractivity contribution in [2.45, 2.75) is 24.3 Å². The number of carbonyl (C=O) groups is 2. The SMILES string of the molecule is COc1ccc(CNC(=O)C2CCCN(S(=O)(=O)c3ccc4c(c3)NC(=O)CO4)C2)cc1. The highest BCUT2D eigenvalue weighted by molar-refractivity contribution is 7.89. The quantitative estimate of drug-likeness (QED) is 0.680. The van der Waals surface area contributed by atoms with Gasteiger partial charge in [-0.2, -0.15) is 4.31 Å². The fourth-order valence-electron chi connectivity index (χ4n) is 3.82. The Balaban J connectivity index is 1.41. The summed E-state index contributed by atoms with van der Waals surface area (Å²) in [5, 5.41) is 5.52. The van der Waals surface area contributed by atoms with Gasteiger partial charge in [-0.05, 0) is 48.7 Å². The van der Waals surface area contributed by atoms with E-state index in [1.807, 2.05) is 24.3 Å². The van der Waals surface area contributed by atoms with E-state index in [4.69, 9.17) is 9.47 Å². The molecule has 0 aromatic heterocycles. The van der Waals surface area contributed by atoms with E-state index < -0.39 is 15.9 Å². The molecule has 0 radical (unpaired) electrons. The minimum absolute atomic E-state index is 0.0568. The first-order valence-electron chi connectivity index (χ1n) is 10.3. The Bertz CT molecular complexity index is 1120. The Labute approximate surface area is 186 Å². The van der Waals surface area contributed by atoms with Gasteiger partial charge < -0.3 is 20.1 Å². The topological polar surface area (TPSA) is 114 Å². The fourth-order valence-corrected chi connectivity index (χ4v) is 5.37. The lowest BCUT2D eigenvalue weighted by Crippen LogP contribution is -2.45. The number of ether oxygens (including phenoxy) is 2. The van der Waals surface area contributed by atoms with Crippen LogP contribution in [-0.4, -0.2) is 51.3 Å². The van der Waals surface area contributed by atoms with Crippen molar-refractivity contribution < 1.29 is 27.5 Å². The maximum Gasteiger partial charge on any atom is 0.262 e. The van der Waals surface area contributed by atoms with Crippen LogP contribution in [0, 0.1) is 5.92 Å². The second kappa shape index (κ2) is 9.17. The summed E-state index contributed by atoms with van der Waals surface area (Å²) in [4.78, 5) is 24.3. The molecule has 2 aromatic rings. The molecule has 2 amide bonds. The summed E-state index contributed by atoms with van der Waals surface area (Å²) in [5.41, 5.74) is 1.26. The number of hydrogen-bond acceptors (Lipinski definition) is 6. The summed E-state index contributed by atoms with van der Waals surface area (Å²) in [6.45, 7) is 0.705. The lowest BCUT2D eigenvalue weighted by atomic mass is 9.99. The number of carbonyl (C=O) groups excluding carboxylic acids is 2. The second-order valence-electron chi connectivity index (χ2n) is 7.76. The zero-order valence-corrected chi connectivity index (χ0v) is 18.5. The van der Waals surface area contributed by atoms with E-state index in [9.17, 15) is 18.0 Å². The van der Waals surface area contributed by atoms with E-state index in [1.165, 1.54) is 22.5 Å². The molecular formula is C22H25N3O6S. The molecule has 170 valence electrons. The maximum atomic E-state index is 13.2. The molecule has 2 aliphatic heterocycles. The molecule has 0 bridgehead atoms. The zero-order valence-electron chi connectivity index (χ0n) is 17.7. The van der Waals surface area contributed by atoms with Crippen molar-refractivity contribution in [2.24, 2.45) is 5.92 Å². The number of nitrogens with zero attached hydrogens (tertiary/aromatic N) is 1. The molecule has 9 nitrogen and oxygen atoms in total. The van der Waals surface area contributed by atoms with Crippen LogP contribution >= 0.6 is 0 Å². The van der Waals surface area contributed by atoms with E-state index in [0.29, 0.717) is 37.4 Å². The molecule has 10 heteroatoms. The van der Waals surface area contributed by atoms with Crippen LogP contribution < -0.4 is 20.1 Å². The number of fused-ring (bicyclic) bond motifs is 1. The Kier molecular flexibility index (Phi) is 6.33. The van der Waals surface area contributed by atoms with Crippen molar-refractivity contribution in [3.05, 3.63) is 48.0 Å². The Morgan fingerprint density at radius 1 is 1.25 bits per heavy atom. The summed E-state index contributed by atoms with van der Waals surface area (Å²) in [5.74, 6) is 0.224. The normalized spacial score (nSPS) is 18.8. The average molecular weight is 460 g/mol. The minimum Gasteiger partial charge on any atom is -0.497 e. The average Bonchev–Trinajstić information content (AvgIpc) is 2.82. The molecule has 0 aliphatic carbocycles. The van der Waals surface area contributed by atoms with Crippen LogP contribution in [0.1, 0.15) is 18.4 Å². The van der Waals surface area contributed by atoms with Gasteiger partial charge in [-0.1, -0.05) is 12.1 Å². The molecule has 1 saturated heterocycles. The van der Waals surface area contributed by atoms with Crippen molar-refractivity contribution in [2.75, 3.05) is 32.1 Å². The molecule has 2 N–H and O–H groups in total. The van der Waals surface area contributed by atoms with Gasteiger partial charge in [0.2, 0.25) is 15.9 Å². The van der Waals surface area contributed by atoms with E-state index >= 15 is 0 Å². The first-order valence-corrected chi connectivity index (χ1v) is 11.8. The Hall–Kier alpha value is -3.11. The van der Waals surface area contributed by atoms with E-state index in [0.717, 1.165) is 11.3 Å². The summed E-state index contributed by atoms with van der Waals surface area (Å²) >= 11 is 0. The fraction of sp³-hybridized carbons (Fsp3) is 0.364. The van der Waals surface area contributed by atoms with Crippen LogP contribution in [0.4, 0.5) is 5.69 Å².